The molecule has 0 saturated carbocycles. The van der Waals surface area contributed by atoms with Crippen molar-refractivity contribution < 1.29 is 23.9 Å². The fourth-order valence-electron chi connectivity index (χ4n) is 3.91. The summed E-state index contributed by atoms with van der Waals surface area (Å²) in [6.45, 7) is 5.31. The first kappa shape index (κ1) is 27.1. The molecule has 0 spiro atoms. The van der Waals surface area contributed by atoms with Gasteiger partial charge in [0.1, 0.15) is 0 Å². The fourth-order valence-corrected chi connectivity index (χ4v) is 4.11. The molecule has 0 aliphatic heterocycles. The number of amides is 2. The van der Waals surface area contributed by atoms with Gasteiger partial charge in [-0.05, 0) is 56.5 Å². The molecule has 2 amide bonds. The van der Waals surface area contributed by atoms with Crippen LogP contribution in [0.25, 0.3) is 10.9 Å². The van der Waals surface area contributed by atoms with Gasteiger partial charge in [0.2, 0.25) is 5.91 Å². The van der Waals surface area contributed by atoms with E-state index in [1.165, 1.54) is 7.11 Å². The summed E-state index contributed by atoms with van der Waals surface area (Å²) in [7, 11) is 1.34. The average molecular weight is 514 g/mol. The van der Waals surface area contributed by atoms with Gasteiger partial charge in [-0.2, -0.15) is 0 Å². The summed E-state index contributed by atoms with van der Waals surface area (Å²) in [5, 5.41) is 4.35. The van der Waals surface area contributed by atoms with Crippen molar-refractivity contribution in [1.29, 1.82) is 0 Å². The third kappa shape index (κ3) is 6.79. The van der Waals surface area contributed by atoms with E-state index < -0.39 is 6.09 Å². The van der Waals surface area contributed by atoms with Gasteiger partial charge in [-0.25, -0.2) is 4.79 Å². The highest BCUT2D eigenvalue weighted by atomic mass is 35.5. The Hall–Kier alpha value is -3.52. The molecule has 9 heteroatoms. The second kappa shape index (κ2) is 13.0. The predicted octanol–water partition coefficient (Wildman–Crippen LogP) is 5.86. The molecule has 8 nitrogen and oxygen atoms in total. The van der Waals surface area contributed by atoms with Crippen molar-refractivity contribution in [3.8, 4) is 5.75 Å². The monoisotopic (exact) mass is 513 g/mol. The van der Waals surface area contributed by atoms with Crippen LogP contribution in [-0.2, 0) is 20.9 Å². The topological polar surface area (TPSA) is 89.9 Å². The Balaban J connectivity index is 1.88. The maximum atomic E-state index is 12.8. The lowest BCUT2D eigenvalue weighted by Crippen LogP contribution is -2.33. The Morgan fingerprint density at radius 3 is 2.42 bits per heavy atom. The van der Waals surface area contributed by atoms with Gasteiger partial charge < -0.3 is 24.3 Å². The molecule has 1 N–H and O–H groups in total. The number of anilines is 1. The number of fused-ring (bicyclic) bond motifs is 1. The summed E-state index contributed by atoms with van der Waals surface area (Å²) in [5.41, 5.74) is 2.26. The van der Waals surface area contributed by atoms with Crippen LogP contribution in [0, 0.1) is 0 Å². The third-order valence-electron chi connectivity index (χ3n) is 5.96. The van der Waals surface area contributed by atoms with Crippen molar-refractivity contribution in [3.63, 3.8) is 0 Å². The van der Waals surface area contributed by atoms with Crippen LogP contribution < -0.4 is 10.1 Å². The van der Waals surface area contributed by atoms with Crippen molar-refractivity contribution in [3.05, 3.63) is 59.2 Å². The van der Waals surface area contributed by atoms with E-state index in [-0.39, 0.29) is 30.5 Å². The predicted molar refractivity (Wildman–Crippen MR) is 141 cm³/mol. The van der Waals surface area contributed by atoms with Crippen LogP contribution >= 0.6 is 11.6 Å². The maximum Gasteiger partial charge on any atom is 0.415 e. The number of unbranched alkanes of at least 4 members (excludes halogenated alkanes) is 1. The van der Waals surface area contributed by atoms with Crippen LogP contribution in [0.1, 0.15) is 45.1 Å². The summed E-state index contributed by atoms with van der Waals surface area (Å²) in [5.74, 6) is -0.255. The smallest absolute Gasteiger partial charge is 0.415 e. The zero-order valence-electron chi connectivity index (χ0n) is 20.9. The van der Waals surface area contributed by atoms with Gasteiger partial charge in [0.05, 0.1) is 18.3 Å². The molecule has 0 atom stereocenters. The number of ether oxygens (including phenoxy) is 2. The van der Waals surface area contributed by atoms with Crippen LogP contribution in [-0.4, -0.2) is 47.6 Å². The Kier molecular flexibility index (Phi) is 9.76. The number of hydrogen-bond donors (Lipinski definition) is 1. The van der Waals surface area contributed by atoms with Crippen molar-refractivity contribution in [2.45, 2.75) is 46.1 Å². The summed E-state index contributed by atoms with van der Waals surface area (Å²) >= 11 is 6.36. The first-order valence-corrected chi connectivity index (χ1v) is 12.4. The minimum Gasteiger partial charge on any atom is -0.469 e. The molecule has 1 aromatic heterocycles. The summed E-state index contributed by atoms with van der Waals surface area (Å²) in [6, 6.07) is 13.1. The highest BCUT2D eigenvalue weighted by Crippen LogP contribution is 2.35. The molecule has 36 heavy (non-hydrogen) atoms. The van der Waals surface area contributed by atoms with E-state index in [4.69, 9.17) is 16.3 Å². The third-order valence-corrected chi connectivity index (χ3v) is 6.33. The SMILES string of the molecule is CCN(CC)C(=O)Oc1ccc2c(ccn2Cc2ccccc2Cl)c1NC(=O)CCCCC(=O)OC. The van der Waals surface area contributed by atoms with Gasteiger partial charge in [-0.15, -0.1) is 0 Å². The van der Waals surface area contributed by atoms with Crippen molar-refractivity contribution in [2.24, 2.45) is 0 Å². The van der Waals surface area contributed by atoms with E-state index in [2.05, 4.69) is 10.1 Å². The van der Waals surface area contributed by atoms with Crippen molar-refractivity contribution in [1.82, 2.24) is 9.47 Å². The Morgan fingerprint density at radius 1 is 1.00 bits per heavy atom. The van der Waals surface area contributed by atoms with Crippen molar-refractivity contribution >= 4 is 46.2 Å². The molecule has 0 radical (unpaired) electrons. The Bertz CT molecular complexity index is 1220. The molecule has 0 saturated heterocycles. The molecule has 0 fully saturated rings. The standard InChI is InChI=1S/C27H32ClN3O5/c1-4-30(5-2)27(34)36-23-15-14-22-20(16-17-31(22)18-19-10-6-7-11-21(19)28)26(23)29-24(32)12-8-9-13-25(33)35-3/h6-7,10-11,14-17H,4-5,8-9,12-13,18H2,1-3H3,(H,29,32). The number of hydrogen-bond acceptors (Lipinski definition) is 5. The average Bonchev–Trinajstić information content (AvgIpc) is 3.28. The summed E-state index contributed by atoms with van der Waals surface area (Å²) in [6.07, 6.45) is 2.98. The van der Waals surface area contributed by atoms with E-state index >= 15 is 0 Å². The molecule has 0 aliphatic carbocycles. The highest BCUT2D eigenvalue weighted by molar-refractivity contribution is 6.31. The summed E-state index contributed by atoms with van der Waals surface area (Å²) in [4.78, 5) is 38.3. The second-order valence-corrected chi connectivity index (χ2v) is 8.69. The normalized spacial score (nSPS) is 10.8. The largest absolute Gasteiger partial charge is 0.469 e. The number of nitrogens with zero attached hydrogens (tertiary/aromatic N) is 2. The van der Waals surface area contributed by atoms with E-state index in [1.807, 2.05) is 61.0 Å². The second-order valence-electron chi connectivity index (χ2n) is 8.28. The van der Waals surface area contributed by atoms with E-state index in [0.29, 0.717) is 43.2 Å². The fraction of sp³-hybridized carbons (Fsp3) is 0.370. The number of nitrogens with one attached hydrogen (secondary N) is 1. The number of halogens is 1. The number of carbonyl (C=O) groups excluding carboxylic acids is 3. The van der Waals surface area contributed by atoms with Crippen LogP contribution in [0.3, 0.4) is 0 Å². The maximum absolute atomic E-state index is 12.8. The summed E-state index contributed by atoms with van der Waals surface area (Å²) < 4.78 is 12.4. The Morgan fingerprint density at radius 2 is 1.72 bits per heavy atom. The minimum atomic E-state index is -0.483. The number of rotatable bonds is 11. The van der Waals surface area contributed by atoms with Gasteiger partial charge in [0.15, 0.2) is 5.75 Å². The van der Waals surface area contributed by atoms with E-state index in [9.17, 15) is 14.4 Å². The van der Waals surface area contributed by atoms with Gasteiger partial charge in [0.25, 0.3) is 0 Å². The van der Waals surface area contributed by atoms with E-state index in [0.717, 1.165) is 16.5 Å². The molecule has 3 aromatic rings. The lowest BCUT2D eigenvalue weighted by atomic mass is 10.1. The van der Waals surface area contributed by atoms with E-state index in [1.54, 1.807) is 11.0 Å². The number of aromatic nitrogens is 1. The van der Waals surface area contributed by atoms with Crippen LogP contribution in [0.5, 0.6) is 5.75 Å². The van der Waals surface area contributed by atoms with Crippen LogP contribution in [0.4, 0.5) is 10.5 Å². The van der Waals surface area contributed by atoms with Crippen LogP contribution in [0.15, 0.2) is 48.7 Å². The lowest BCUT2D eigenvalue weighted by molar-refractivity contribution is -0.140. The first-order chi connectivity index (χ1) is 17.4. The van der Waals surface area contributed by atoms with Gasteiger partial charge >= 0.3 is 12.1 Å². The molecular formula is C27H32ClN3O5. The number of benzene rings is 2. The minimum absolute atomic E-state index is 0.219. The Labute approximate surface area is 216 Å². The molecule has 3 rings (SSSR count). The molecule has 0 unspecified atom stereocenters. The molecule has 1 heterocycles. The number of carbonyl (C=O) groups is 3. The zero-order valence-corrected chi connectivity index (χ0v) is 21.6. The first-order valence-electron chi connectivity index (χ1n) is 12.1. The molecule has 192 valence electrons. The lowest BCUT2D eigenvalue weighted by Gasteiger charge is -2.20. The zero-order chi connectivity index (χ0) is 26.1. The molecule has 0 aliphatic rings. The van der Waals surface area contributed by atoms with Gasteiger partial charge in [-0.1, -0.05) is 29.8 Å². The van der Waals surface area contributed by atoms with Gasteiger partial charge in [-0.3, -0.25) is 9.59 Å². The quantitative estimate of drug-likeness (QED) is 0.256. The van der Waals surface area contributed by atoms with Crippen molar-refractivity contribution in [2.75, 3.05) is 25.5 Å². The number of esters is 1. The highest BCUT2D eigenvalue weighted by Gasteiger charge is 2.19. The van der Waals surface area contributed by atoms with Gasteiger partial charge in [0, 0.05) is 49.1 Å². The number of methoxy groups -OCH3 is 1. The van der Waals surface area contributed by atoms with Crippen LogP contribution in [0.2, 0.25) is 5.02 Å². The molecule has 0 bridgehead atoms. The molecule has 2 aromatic carbocycles. The molecular weight excluding hydrogens is 482 g/mol.